The van der Waals surface area contributed by atoms with Crippen LogP contribution in [0.15, 0.2) is 28.8 Å². The molecule has 1 saturated heterocycles. The fraction of sp³-hybridized carbons (Fsp3) is 0.429. The summed E-state index contributed by atoms with van der Waals surface area (Å²) in [6.07, 6.45) is 1.41. The Kier molecular flexibility index (Phi) is 4.98. The molecular weight excluding hydrogens is 278 g/mol. The number of fused-ring (bicyclic) bond motifs is 1. The first-order valence-corrected chi connectivity index (χ1v) is 6.63. The number of nitrogens with one attached hydrogen (secondary N) is 2. The van der Waals surface area contributed by atoms with E-state index in [1.165, 1.54) is 0 Å². The second-order valence-corrected chi connectivity index (χ2v) is 4.97. The van der Waals surface area contributed by atoms with E-state index >= 15 is 0 Å². The van der Waals surface area contributed by atoms with Gasteiger partial charge in [0.2, 0.25) is 5.91 Å². The van der Waals surface area contributed by atoms with E-state index in [4.69, 9.17) is 4.52 Å². The van der Waals surface area contributed by atoms with Gasteiger partial charge >= 0.3 is 0 Å². The van der Waals surface area contributed by atoms with E-state index in [1.54, 1.807) is 0 Å². The highest BCUT2D eigenvalue weighted by Gasteiger charge is 2.16. The summed E-state index contributed by atoms with van der Waals surface area (Å²) in [5.74, 6) is 0.559. The van der Waals surface area contributed by atoms with Gasteiger partial charge in [-0.05, 0) is 37.6 Å². The molecule has 1 fully saturated rings. The summed E-state index contributed by atoms with van der Waals surface area (Å²) in [4.78, 5) is 11.9. The Balaban J connectivity index is 0.00000147. The molecule has 1 aromatic heterocycles. The molecule has 0 aliphatic carbocycles. The largest absolute Gasteiger partial charge is 0.356 e. The summed E-state index contributed by atoms with van der Waals surface area (Å²) in [6.45, 7) is 2.78. The number of hydrogen-bond donors (Lipinski definition) is 2. The second kappa shape index (κ2) is 6.72. The summed E-state index contributed by atoms with van der Waals surface area (Å²) in [7, 11) is 0. The molecule has 1 atom stereocenters. The van der Waals surface area contributed by atoms with E-state index in [2.05, 4.69) is 15.8 Å². The highest BCUT2D eigenvalue weighted by atomic mass is 35.5. The molecule has 5 nitrogen and oxygen atoms in total. The molecule has 2 heterocycles. The van der Waals surface area contributed by atoms with Crippen LogP contribution in [0.2, 0.25) is 0 Å². The maximum Gasteiger partial charge on any atom is 0.226 e. The molecule has 0 bridgehead atoms. The van der Waals surface area contributed by atoms with Gasteiger partial charge in [-0.2, -0.15) is 0 Å². The third-order valence-electron chi connectivity index (χ3n) is 3.53. The van der Waals surface area contributed by atoms with Crippen molar-refractivity contribution >= 4 is 29.3 Å². The molecule has 2 aromatic rings. The number of para-hydroxylation sites is 1. The van der Waals surface area contributed by atoms with Crippen LogP contribution >= 0.6 is 12.4 Å². The molecule has 2 N–H and O–H groups in total. The Bertz CT molecular complexity index is 579. The molecule has 0 spiro atoms. The molecule has 1 aliphatic rings. The summed E-state index contributed by atoms with van der Waals surface area (Å²) < 4.78 is 5.19. The summed E-state index contributed by atoms with van der Waals surface area (Å²) >= 11 is 0. The van der Waals surface area contributed by atoms with Crippen molar-refractivity contribution in [1.29, 1.82) is 0 Å². The van der Waals surface area contributed by atoms with Crippen molar-refractivity contribution in [2.24, 2.45) is 5.92 Å². The van der Waals surface area contributed by atoms with E-state index < -0.39 is 0 Å². The number of carbonyl (C=O) groups is 1. The number of nitrogens with zero attached hydrogens (tertiary/aromatic N) is 1. The van der Waals surface area contributed by atoms with E-state index in [9.17, 15) is 4.79 Å². The summed E-state index contributed by atoms with van der Waals surface area (Å²) in [5, 5.41) is 11.1. The number of halogens is 1. The second-order valence-electron chi connectivity index (χ2n) is 4.97. The van der Waals surface area contributed by atoms with Gasteiger partial charge < -0.3 is 15.2 Å². The van der Waals surface area contributed by atoms with Crippen LogP contribution in [0, 0.1) is 5.92 Å². The number of hydrogen-bond acceptors (Lipinski definition) is 4. The van der Waals surface area contributed by atoms with Gasteiger partial charge in [0.25, 0.3) is 0 Å². The van der Waals surface area contributed by atoms with Crippen molar-refractivity contribution in [3.05, 3.63) is 30.0 Å². The number of benzene rings is 1. The molecule has 3 rings (SSSR count). The van der Waals surface area contributed by atoms with Crippen molar-refractivity contribution < 1.29 is 9.32 Å². The van der Waals surface area contributed by atoms with Crippen LogP contribution in [0.5, 0.6) is 0 Å². The van der Waals surface area contributed by atoms with Crippen LogP contribution in [0.25, 0.3) is 11.0 Å². The molecular formula is C14H18ClN3O2. The molecule has 1 amide bonds. The smallest absolute Gasteiger partial charge is 0.226 e. The molecule has 0 radical (unpaired) electrons. The lowest BCUT2D eigenvalue weighted by atomic mass is 10.1. The van der Waals surface area contributed by atoms with E-state index in [0.717, 1.165) is 37.0 Å². The van der Waals surface area contributed by atoms with E-state index in [1.807, 2.05) is 24.3 Å². The number of carbonyl (C=O) groups excluding carboxylic acids is 1. The van der Waals surface area contributed by atoms with Crippen LogP contribution in [-0.4, -0.2) is 30.7 Å². The first kappa shape index (κ1) is 14.8. The Hall–Kier alpha value is -1.59. The minimum atomic E-state index is 0. The van der Waals surface area contributed by atoms with Gasteiger partial charge in [0, 0.05) is 11.9 Å². The predicted molar refractivity (Wildman–Crippen MR) is 78.9 cm³/mol. The number of rotatable bonds is 4. The molecule has 108 valence electrons. The topological polar surface area (TPSA) is 67.2 Å². The van der Waals surface area contributed by atoms with Gasteiger partial charge in [-0.25, -0.2) is 0 Å². The predicted octanol–water partition coefficient (Wildman–Crippen LogP) is 1.52. The Morgan fingerprint density at radius 3 is 3.10 bits per heavy atom. The van der Waals surface area contributed by atoms with Crippen LogP contribution < -0.4 is 10.6 Å². The zero-order valence-corrected chi connectivity index (χ0v) is 11.9. The quantitative estimate of drug-likeness (QED) is 0.897. The third-order valence-corrected chi connectivity index (χ3v) is 3.53. The SMILES string of the molecule is Cl.O=C(Cc1noc2ccccc12)NCC1CCNC1. The Labute approximate surface area is 123 Å². The van der Waals surface area contributed by atoms with Crippen LogP contribution in [0.4, 0.5) is 0 Å². The molecule has 1 unspecified atom stereocenters. The third kappa shape index (κ3) is 3.29. The van der Waals surface area contributed by atoms with Crippen molar-refractivity contribution in [3.8, 4) is 0 Å². The van der Waals surface area contributed by atoms with E-state index in [-0.39, 0.29) is 24.7 Å². The average Bonchev–Trinajstić information content (AvgIpc) is 3.07. The standard InChI is InChI=1S/C14H17N3O2.ClH/c18-14(16-9-10-5-6-15-8-10)7-12-11-3-1-2-4-13(11)19-17-12;/h1-4,10,15H,5-9H2,(H,16,18);1H. The normalized spacial score (nSPS) is 17.9. The van der Waals surface area contributed by atoms with Gasteiger partial charge in [-0.15, -0.1) is 12.4 Å². The first-order chi connectivity index (χ1) is 9.33. The lowest BCUT2D eigenvalue weighted by Gasteiger charge is -2.09. The van der Waals surface area contributed by atoms with Gasteiger partial charge in [0.15, 0.2) is 5.58 Å². The summed E-state index contributed by atoms with van der Waals surface area (Å²) in [5.41, 5.74) is 1.43. The molecule has 1 aromatic carbocycles. The van der Waals surface area contributed by atoms with Crippen molar-refractivity contribution in [2.45, 2.75) is 12.8 Å². The highest BCUT2D eigenvalue weighted by Crippen LogP contribution is 2.18. The molecule has 0 saturated carbocycles. The lowest BCUT2D eigenvalue weighted by Crippen LogP contribution is -2.31. The molecule has 20 heavy (non-hydrogen) atoms. The van der Waals surface area contributed by atoms with Crippen LogP contribution in [-0.2, 0) is 11.2 Å². The lowest BCUT2D eigenvalue weighted by molar-refractivity contribution is -0.120. The zero-order valence-electron chi connectivity index (χ0n) is 11.1. The van der Waals surface area contributed by atoms with Gasteiger partial charge in [-0.1, -0.05) is 17.3 Å². The zero-order chi connectivity index (χ0) is 13.1. The minimum Gasteiger partial charge on any atom is -0.356 e. The molecule has 1 aliphatic heterocycles. The maximum absolute atomic E-state index is 11.9. The summed E-state index contributed by atoms with van der Waals surface area (Å²) in [6, 6.07) is 7.60. The Morgan fingerprint density at radius 1 is 1.45 bits per heavy atom. The van der Waals surface area contributed by atoms with Gasteiger partial charge in [0.1, 0.15) is 5.69 Å². The number of aromatic nitrogens is 1. The minimum absolute atomic E-state index is 0. The molecule has 6 heteroatoms. The van der Waals surface area contributed by atoms with Crippen molar-refractivity contribution in [1.82, 2.24) is 15.8 Å². The van der Waals surface area contributed by atoms with Crippen LogP contribution in [0.3, 0.4) is 0 Å². The van der Waals surface area contributed by atoms with Gasteiger partial charge in [-0.3, -0.25) is 4.79 Å². The first-order valence-electron chi connectivity index (χ1n) is 6.63. The fourth-order valence-electron chi connectivity index (χ4n) is 2.43. The van der Waals surface area contributed by atoms with Crippen molar-refractivity contribution in [2.75, 3.05) is 19.6 Å². The van der Waals surface area contributed by atoms with Gasteiger partial charge in [0.05, 0.1) is 6.42 Å². The van der Waals surface area contributed by atoms with E-state index in [0.29, 0.717) is 11.6 Å². The Morgan fingerprint density at radius 2 is 2.30 bits per heavy atom. The fourth-order valence-corrected chi connectivity index (χ4v) is 2.43. The van der Waals surface area contributed by atoms with Crippen LogP contribution in [0.1, 0.15) is 12.1 Å². The monoisotopic (exact) mass is 295 g/mol. The number of amides is 1. The maximum atomic E-state index is 11.9. The highest BCUT2D eigenvalue weighted by molar-refractivity contribution is 5.86. The average molecular weight is 296 g/mol. The van der Waals surface area contributed by atoms with Crippen molar-refractivity contribution in [3.63, 3.8) is 0 Å².